The molecule has 0 bridgehead atoms. The Morgan fingerprint density at radius 3 is 2.50 bits per heavy atom. The molecule has 0 unspecified atom stereocenters. The number of carbonyl (C=O) groups is 1. The standard InChI is InChI=1S/C10H22N4O3S/c11-9-2-5-14(6-3-9)8-10(15)13-4-1-7-18(12,16)17/h9H,1-8,11H2,(H,13,15)(H2,12,16,17). The number of amides is 1. The predicted octanol–water partition coefficient (Wildman–Crippen LogP) is -1.80. The zero-order chi connectivity index (χ0) is 13.6. The number of hydrogen-bond acceptors (Lipinski definition) is 5. The van der Waals surface area contributed by atoms with Crippen LogP contribution in [0.1, 0.15) is 19.3 Å². The molecule has 5 N–H and O–H groups in total. The van der Waals surface area contributed by atoms with Crippen LogP contribution in [-0.4, -0.2) is 57.2 Å². The van der Waals surface area contributed by atoms with Gasteiger partial charge >= 0.3 is 0 Å². The smallest absolute Gasteiger partial charge is 0.234 e. The van der Waals surface area contributed by atoms with Crippen molar-refractivity contribution in [3.05, 3.63) is 0 Å². The molecule has 1 heterocycles. The van der Waals surface area contributed by atoms with Gasteiger partial charge in [-0.3, -0.25) is 9.69 Å². The Bertz CT molecular complexity index is 363. The predicted molar refractivity (Wildman–Crippen MR) is 69.3 cm³/mol. The molecule has 0 saturated carbocycles. The molecule has 0 aliphatic carbocycles. The van der Waals surface area contributed by atoms with Crippen LogP contribution >= 0.6 is 0 Å². The van der Waals surface area contributed by atoms with Crippen molar-refractivity contribution in [2.45, 2.75) is 25.3 Å². The van der Waals surface area contributed by atoms with Crippen molar-refractivity contribution in [2.24, 2.45) is 10.9 Å². The molecule has 106 valence electrons. The maximum atomic E-state index is 11.6. The van der Waals surface area contributed by atoms with Crippen LogP contribution in [0.25, 0.3) is 0 Å². The van der Waals surface area contributed by atoms with E-state index in [1.54, 1.807) is 0 Å². The van der Waals surface area contributed by atoms with Gasteiger partial charge in [-0.2, -0.15) is 0 Å². The summed E-state index contributed by atoms with van der Waals surface area (Å²) in [6, 6.07) is 0.249. The van der Waals surface area contributed by atoms with E-state index in [1.165, 1.54) is 0 Å². The Balaban J connectivity index is 2.10. The molecule has 1 saturated heterocycles. The van der Waals surface area contributed by atoms with Gasteiger partial charge in [0.2, 0.25) is 15.9 Å². The molecular weight excluding hydrogens is 256 g/mol. The summed E-state index contributed by atoms with van der Waals surface area (Å²) in [6.07, 6.45) is 2.17. The number of sulfonamides is 1. The average Bonchev–Trinajstić information content (AvgIpc) is 2.26. The highest BCUT2D eigenvalue weighted by atomic mass is 32.2. The molecule has 1 fully saturated rings. The molecule has 0 atom stereocenters. The number of likely N-dealkylation sites (tertiary alicyclic amines) is 1. The van der Waals surface area contributed by atoms with E-state index in [0.717, 1.165) is 25.9 Å². The number of nitrogens with two attached hydrogens (primary N) is 2. The Morgan fingerprint density at radius 1 is 1.33 bits per heavy atom. The van der Waals surface area contributed by atoms with Gasteiger partial charge < -0.3 is 11.1 Å². The molecule has 1 aliphatic rings. The van der Waals surface area contributed by atoms with Crippen molar-refractivity contribution >= 4 is 15.9 Å². The molecule has 1 amide bonds. The second kappa shape index (κ2) is 7.03. The van der Waals surface area contributed by atoms with Gasteiger partial charge in [0.15, 0.2) is 0 Å². The molecule has 0 aromatic heterocycles. The Labute approximate surface area is 108 Å². The highest BCUT2D eigenvalue weighted by Gasteiger charge is 2.17. The highest BCUT2D eigenvalue weighted by Crippen LogP contribution is 2.07. The van der Waals surface area contributed by atoms with Crippen LogP contribution in [0.4, 0.5) is 0 Å². The third-order valence-corrected chi connectivity index (χ3v) is 3.78. The monoisotopic (exact) mass is 278 g/mol. The first-order chi connectivity index (χ1) is 8.37. The van der Waals surface area contributed by atoms with Crippen molar-refractivity contribution in [1.82, 2.24) is 10.2 Å². The van der Waals surface area contributed by atoms with Gasteiger partial charge in [0, 0.05) is 25.7 Å². The van der Waals surface area contributed by atoms with Gasteiger partial charge in [-0.25, -0.2) is 13.6 Å². The molecule has 0 aromatic rings. The highest BCUT2D eigenvalue weighted by molar-refractivity contribution is 7.89. The van der Waals surface area contributed by atoms with E-state index in [4.69, 9.17) is 10.9 Å². The molecule has 1 rings (SSSR count). The fraction of sp³-hybridized carbons (Fsp3) is 0.900. The quantitative estimate of drug-likeness (QED) is 0.496. The van der Waals surface area contributed by atoms with Crippen LogP contribution in [0.2, 0.25) is 0 Å². The number of nitrogens with zero attached hydrogens (tertiary/aromatic N) is 1. The van der Waals surface area contributed by atoms with Crippen molar-refractivity contribution in [2.75, 3.05) is 31.9 Å². The van der Waals surface area contributed by atoms with E-state index in [-0.39, 0.29) is 17.7 Å². The van der Waals surface area contributed by atoms with Gasteiger partial charge in [-0.15, -0.1) is 0 Å². The molecule has 8 heteroatoms. The number of piperidine rings is 1. The lowest BCUT2D eigenvalue weighted by atomic mass is 10.1. The first kappa shape index (κ1) is 15.4. The lowest BCUT2D eigenvalue weighted by Crippen LogP contribution is -2.44. The molecular formula is C10H22N4O3S. The summed E-state index contributed by atoms with van der Waals surface area (Å²) in [5.41, 5.74) is 5.77. The van der Waals surface area contributed by atoms with Gasteiger partial charge in [0.25, 0.3) is 0 Å². The maximum absolute atomic E-state index is 11.6. The summed E-state index contributed by atoms with van der Waals surface area (Å²) in [5.74, 6) is -0.189. The first-order valence-electron chi connectivity index (χ1n) is 6.12. The average molecular weight is 278 g/mol. The summed E-state index contributed by atoms with van der Waals surface area (Å²) in [4.78, 5) is 13.6. The molecule has 0 aromatic carbocycles. The number of primary sulfonamides is 1. The van der Waals surface area contributed by atoms with Crippen molar-refractivity contribution < 1.29 is 13.2 Å². The van der Waals surface area contributed by atoms with Crippen LogP contribution < -0.4 is 16.2 Å². The SMILES string of the molecule is NC1CCN(CC(=O)NCCCS(N)(=O)=O)CC1. The van der Waals surface area contributed by atoms with Gasteiger partial charge in [-0.1, -0.05) is 0 Å². The molecule has 1 aliphatic heterocycles. The lowest BCUT2D eigenvalue weighted by Gasteiger charge is -2.29. The zero-order valence-electron chi connectivity index (χ0n) is 10.5. The second-order valence-corrected chi connectivity index (χ2v) is 6.42. The summed E-state index contributed by atoms with van der Waals surface area (Å²) >= 11 is 0. The first-order valence-corrected chi connectivity index (χ1v) is 7.83. The van der Waals surface area contributed by atoms with Crippen LogP contribution in [0.3, 0.4) is 0 Å². The van der Waals surface area contributed by atoms with Crippen LogP contribution in [0, 0.1) is 0 Å². The van der Waals surface area contributed by atoms with E-state index < -0.39 is 10.0 Å². The number of rotatable bonds is 6. The summed E-state index contributed by atoms with van der Waals surface area (Å²) in [5, 5.41) is 7.54. The van der Waals surface area contributed by atoms with Crippen LogP contribution in [0.5, 0.6) is 0 Å². The topological polar surface area (TPSA) is 119 Å². The van der Waals surface area contributed by atoms with Gasteiger partial charge in [0.1, 0.15) is 0 Å². The fourth-order valence-electron chi connectivity index (χ4n) is 1.87. The van der Waals surface area contributed by atoms with Crippen molar-refractivity contribution in [1.29, 1.82) is 0 Å². The normalized spacial score (nSPS) is 18.8. The van der Waals surface area contributed by atoms with Crippen molar-refractivity contribution in [3.63, 3.8) is 0 Å². The van der Waals surface area contributed by atoms with Crippen LogP contribution in [0.15, 0.2) is 0 Å². The minimum absolute atomic E-state index is 0.0834. The molecule has 18 heavy (non-hydrogen) atoms. The van der Waals surface area contributed by atoms with Crippen molar-refractivity contribution in [3.8, 4) is 0 Å². The minimum Gasteiger partial charge on any atom is -0.355 e. The minimum atomic E-state index is -3.43. The Hall–Kier alpha value is -0.700. The number of hydrogen-bond donors (Lipinski definition) is 3. The molecule has 7 nitrogen and oxygen atoms in total. The largest absolute Gasteiger partial charge is 0.355 e. The fourth-order valence-corrected chi connectivity index (χ4v) is 2.42. The van der Waals surface area contributed by atoms with E-state index in [1.807, 2.05) is 0 Å². The second-order valence-electron chi connectivity index (χ2n) is 4.68. The third kappa shape index (κ3) is 6.90. The van der Waals surface area contributed by atoms with E-state index in [2.05, 4.69) is 10.2 Å². The summed E-state index contributed by atoms with van der Waals surface area (Å²) < 4.78 is 21.3. The maximum Gasteiger partial charge on any atom is 0.234 e. The lowest BCUT2D eigenvalue weighted by molar-refractivity contribution is -0.122. The van der Waals surface area contributed by atoms with E-state index >= 15 is 0 Å². The Morgan fingerprint density at radius 2 is 1.94 bits per heavy atom. The molecule has 0 spiro atoms. The number of nitrogens with one attached hydrogen (secondary N) is 1. The van der Waals surface area contributed by atoms with Gasteiger partial charge in [-0.05, 0) is 19.3 Å². The number of carbonyl (C=O) groups excluding carboxylic acids is 1. The zero-order valence-corrected chi connectivity index (χ0v) is 11.3. The third-order valence-electron chi connectivity index (χ3n) is 2.93. The Kier molecular flexibility index (Phi) is 6.00. The summed E-state index contributed by atoms with van der Waals surface area (Å²) in [7, 11) is -3.43. The molecule has 0 radical (unpaired) electrons. The van der Waals surface area contributed by atoms with E-state index in [0.29, 0.717) is 19.5 Å². The van der Waals surface area contributed by atoms with Gasteiger partial charge in [0.05, 0.1) is 12.3 Å². The van der Waals surface area contributed by atoms with Crippen LogP contribution in [-0.2, 0) is 14.8 Å². The summed E-state index contributed by atoms with van der Waals surface area (Å²) in [6.45, 7) is 2.36. The van der Waals surface area contributed by atoms with E-state index in [9.17, 15) is 13.2 Å².